The first-order valence-corrected chi connectivity index (χ1v) is 19.5. The molecule has 3 nitrogen and oxygen atoms in total. The van der Waals surface area contributed by atoms with Crippen molar-refractivity contribution < 1.29 is 4.57 Å². The highest BCUT2D eigenvalue weighted by molar-refractivity contribution is 6.14. The Hall–Kier alpha value is -4.76. The second-order valence-corrected chi connectivity index (χ2v) is 15.3. The molecule has 0 saturated carbocycles. The van der Waals surface area contributed by atoms with Crippen LogP contribution in [0.4, 0.5) is 0 Å². The van der Waals surface area contributed by atoms with Gasteiger partial charge in [-0.15, -0.1) is 0 Å². The fourth-order valence-electron chi connectivity index (χ4n) is 8.79. The van der Waals surface area contributed by atoms with Gasteiger partial charge in [0, 0.05) is 23.3 Å². The fourth-order valence-corrected chi connectivity index (χ4v) is 8.79. The standard InChI is InChI=1S/C48H52N3/c1-7-11-31(4)34-16-20-36(21-17-34)40-27-41(37-22-18-35(19-23-37)32(5)12-8-2)29-42(28-40)39-26-33(6)47-44(30-39)43-15-10-14-38-24-25-50-45(13-9-3)49-51(47)48(50)46(38)43/h10,14-23,26-32H,7-9,11-13,24-25H2,1-6H3/q+1. The minimum atomic E-state index is 0.574. The van der Waals surface area contributed by atoms with E-state index in [1.807, 2.05) is 0 Å². The van der Waals surface area contributed by atoms with E-state index in [0.717, 1.165) is 25.8 Å². The molecule has 3 heterocycles. The van der Waals surface area contributed by atoms with E-state index in [0.29, 0.717) is 11.8 Å². The highest BCUT2D eigenvalue weighted by Gasteiger charge is 2.30. The zero-order valence-corrected chi connectivity index (χ0v) is 31.4. The van der Waals surface area contributed by atoms with Crippen molar-refractivity contribution in [2.45, 2.75) is 105 Å². The summed E-state index contributed by atoms with van der Waals surface area (Å²) in [4.78, 5) is 0. The van der Waals surface area contributed by atoms with E-state index < -0.39 is 0 Å². The van der Waals surface area contributed by atoms with Gasteiger partial charge in [0.25, 0.3) is 11.5 Å². The molecule has 1 aliphatic heterocycles. The average Bonchev–Trinajstić information content (AvgIpc) is 3.53. The first-order chi connectivity index (χ1) is 24.9. The Morgan fingerprint density at radius 3 is 1.78 bits per heavy atom. The number of hydrogen-bond acceptors (Lipinski definition) is 1. The Labute approximate surface area is 304 Å². The number of nitrogens with zero attached hydrogens (tertiary/aromatic N) is 3. The van der Waals surface area contributed by atoms with Crippen molar-refractivity contribution >= 4 is 27.3 Å². The van der Waals surface area contributed by atoms with Crippen LogP contribution in [0.2, 0.25) is 0 Å². The van der Waals surface area contributed by atoms with Crippen molar-refractivity contribution in [3.8, 4) is 33.4 Å². The van der Waals surface area contributed by atoms with Gasteiger partial charge in [-0.2, -0.15) is 0 Å². The molecule has 1 aliphatic rings. The van der Waals surface area contributed by atoms with Gasteiger partial charge in [-0.25, -0.2) is 4.57 Å². The van der Waals surface area contributed by atoms with Crippen molar-refractivity contribution in [3.63, 3.8) is 0 Å². The predicted molar refractivity (Wildman–Crippen MR) is 216 cm³/mol. The lowest BCUT2D eigenvalue weighted by molar-refractivity contribution is -0.679. The zero-order chi connectivity index (χ0) is 35.2. The number of fused-ring (bicyclic) bond motifs is 3. The molecular weight excluding hydrogens is 619 g/mol. The van der Waals surface area contributed by atoms with Gasteiger partial charge in [-0.1, -0.05) is 119 Å². The first kappa shape index (κ1) is 33.4. The van der Waals surface area contributed by atoms with Crippen LogP contribution in [0.3, 0.4) is 0 Å². The molecule has 7 aromatic rings. The van der Waals surface area contributed by atoms with Crippen molar-refractivity contribution in [2.24, 2.45) is 0 Å². The van der Waals surface area contributed by atoms with E-state index in [4.69, 9.17) is 5.10 Å². The van der Waals surface area contributed by atoms with Gasteiger partial charge in [0.15, 0.2) is 5.52 Å². The van der Waals surface area contributed by atoms with E-state index in [-0.39, 0.29) is 0 Å². The first-order valence-electron chi connectivity index (χ1n) is 19.5. The van der Waals surface area contributed by atoms with E-state index in [2.05, 4.69) is 148 Å². The molecule has 2 unspecified atom stereocenters. The smallest absolute Gasteiger partial charge is 0.227 e. The Morgan fingerprint density at radius 2 is 1.22 bits per heavy atom. The second kappa shape index (κ2) is 13.8. The molecule has 3 heteroatoms. The third-order valence-corrected chi connectivity index (χ3v) is 11.6. The predicted octanol–water partition coefficient (Wildman–Crippen LogP) is 12.6. The average molecular weight is 671 g/mol. The van der Waals surface area contributed by atoms with Crippen molar-refractivity contribution in [1.82, 2.24) is 9.61 Å². The minimum Gasteiger partial charge on any atom is -0.227 e. The Balaban J connectivity index is 1.32. The highest BCUT2D eigenvalue weighted by atomic mass is 15.3. The summed E-state index contributed by atoms with van der Waals surface area (Å²) in [6.45, 7) is 14.8. The lowest BCUT2D eigenvalue weighted by atomic mass is 9.89. The summed E-state index contributed by atoms with van der Waals surface area (Å²) >= 11 is 0. The molecule has 8 rings (SSSR count). The number of aromatic nitrogens is 3. The van der Waals surface area contributed by atoms with Gasteiger partial charge in [0.2, 0.25) is 0 Å². The van der Waals surface area contributed by atoms with Gasteiger partial charge < -0.3 is 0 Å². The topological polar surface area (TPSA) is 21.2 Å². The molecule has 0 fully saturated rings. The van der Waals surface area contributed by atoms with E-state index in [1.54, 1.807) is 0 Å². The molecule has 0 amide bonds. The monoisotopic (exact) mass is 670 g/mol. The lowest BCUT2D eigenvalue weighted by Gasteiger charge is -2.17. The Morgan fingerprint density at radius 1 is 0.647 bits per heavy atom. The van der Waals surface area contributed by atoms with Gasteiger partial charge in [0.1, 0.15) is 0 Å². The van der Waals surface area contributed by atoms with Crippen LogP contribution in [0, 0.1) is 6.92 Å². The van der Waals surface area contributed by atoms with Crippen LogP contribution in [0.5, 0.6) is 0 Å². The third kappa shape index (κ3) is 5.95. The largest absolute Gasteiger partial charge is 0.278 e. The summed E-state index contributed by atoms with van der Waals surface area (Å²) in [6, 6.07) is 37.6. The highest BCUT2D eigenvalue weighted by Crippen LogP contribution is 2.39. The maximum absolute atomic E-state index is 5.30. The van der Waals surface area contributed by atoms with Crippen LogP contribution in [-0.2, 0) is 19.4 Å². The van der Waals surface area contributed by atoms with Crippen LogP contribution in [0.1, 0.15) is 107 Å². The van der Waals surface area contributed by atoms with E-state index in [9.17, 15) is 0 Å². The number of rotatable bonds is 11. The number of hydrogen-bond donors (Lipinski definition) is 0. The normalized spacial score (nSPS) is 13.8. The molecule has 0 bridgehead atoms. The Kier molecular flexibility index (Phi) is 9.00. The summed E-state index contributed by atoms with van der Waals surface area (Å²) < 4.78 is 4.76. The maximum Gasteiger partial charge on any atom is 0.278 e. The number of aryl methyl sites for hydroxylation is 4. The SMILES string of the molecule is CCCc1nn2c3c(C)cc(-c4cc(-c5ccc(C(C)CCC)cc5)cc(-c5ccc(C(C)CCC)cc5)c4)cc3c3cccc4c3c2[n+]1CC4. The van der Waals surface area contributed by atoms with Crippen LogP contribution < -0.4 is 4.57 Å². The zero-order valence-electron chi connectivity index (χ0n) is 31.4. The van der Waals surface area contributed by atoms with E-state index >= 15 is 0 Å². The van der Waals surface area contributed by atoms with Gasteiger partial charge in [0.05, 0.1) is 11.9 Å². The Bertz CT molecular complexity index is 2300. The molecule has 0 spiro atoms. The molecule has 258 valence electrons. The van der Waals surface area contributed by atoms with E-state index in [1.165, 1.54) is 114 Å². The molecule has 5 aromatic carbocycles. The van der Waals surface area contributed by atoms with Crippen molar-refractivity contribution in [1.29, 1.82) is 0 Å². The molecule has 0 N–H and O–H groups in total. The summed E-state index contributed by atoms with van der Waals surface area (Å²) in [5.41, 5.74) is 15.6. The molecule has 2 atom stereocenters. The number of benzene rings is 5. The minimum absolute atomic E-state index is 0.574. The summed E-state index contributed by atoms with van der Waals surface area (Å²) in [6.07, 6.45) is 7.98. The fraction of sp³-hybridized carbons (Fsp3) is 0.333. The van der Waals surface area contributed by atoms with Crippen molar-refractivity contribution in [2.75, 3.05) is 0 Å². The molecule has 51 heavy (non-hydrogen) atoms. The van der Waals surface area contributed by atoms with Crippen LogP contribution in [-0.4, -0.2) is 9.61 Å². The van der Waals surface area contributed by atoms with Crippen LogP contribution >= 0.6 is 0 Å². The molecule has 0 saturated heterocycles. The summed E-state index contributed by atoms with van der Waals surface area (Å²) in [7, 11) is 0. The quantitative estimate of drug-likeness (QED) is 0.0991. The van der Waals surface area contributed by atoms with Gasteiger partial charge >= 0.3 is 0 Å². The van der Waals surface area contributed by atoms with Crippen LogP contribution in [0.25, 0.3) is 60.7 Å². The van der Waals surface area contributed by atoms with Gasteiger partial charge in [-0.3, -0.25) is 0 Å². The third-order valence-electron chi connectivity index (χ3n) is 11.6. The summed E-state index contributed by atoms with van der Waals surface area (Å²) in [5, 5.41) is 9.28. The lowest BCUT2D eigenvalue weighted by Crippen LogP contribution is -2.40. The van der Waals surface area contributed by atoms with Crippen molar-refractivity contribution in [3.05, 3.63) is 125 Å². The number of pyridine rings is 1. The van der Waals surface area contributed by atoms with Crippen LogP contribution in [0.15, 0.2) is 97.1 Å². The molecule has 0 aliphatic carbocycles. The molecule has 2 aromatic heterocycles. The molecular formula is C48H52N3+. The molecule has 0 radical (unpaired) electrons. The summed E-state index contributed by atoms with van der Waals surface area (Å²) in [5.74, 6) is 2.35. The maximum atomic E-state index is 5.30. The second-order valence-electron chi connectivity index (χ2n) is 15.3. The van der Waals surface area contributed by atoms with Gasteiger partial charge in [-0.05, 0) is 129 Å².